The molecular weight excluding hydrogens is 268 g/mol. The molecule has 1 heterocycles. The molecule has 1 aromatic carbocycles. The first-order chi connectivity index (χ1) is 10.1. The summed E-state index contributed by atoms with van der Waals surface area (Å²) in [6, 6.07) is 8.69. The number of anilines is 1. The Kier molecular flexibility index (Phi) is 4.77. The van der Waals surface area contributed by atoms with Crippen LogP contribution in [0.5, 0.6) is 0 Å². The van der Waals surface area contributed by atoms with Crippen LogP contribution in [0.2, 0.25) is 0 Å². The van der Waals surface area contributed by atoms with E-state index < -0.39 is 0 Å². The van der Waals surface area contributed by atoms with Crippen molar-refractivity contribution >= 4 is 17.5 Å². The number of nitrogen functional groups attached to an aromatic ring is 1. The zero-order valence-corrected chi connectivity index (χ0v) is 11.8. The van der Waals surface area contributed by atoms with Gasteiger partial charge < -0.3 is 15.5 Å². The van der Waals surface area contributed by atoms with Crippen LogP contribution >= 0.6 is 0 Å². The monoisotopic (exact) mass is 286 g/mol. The highest BCUT2D eigenvalue weighted by Crippen LogP contribution is 2.12. The van der Waals surface area contributed by atoms with E-state index in [1.807, 2.05) is 6.07 Å². The fourth-order valence-corrected chi connectivity index (χ4v) is 2.36. The summed E-state index contributed by atoms with van der Waals surface area (Å²) in [5, 5.41) is 8.58. The Hall–Kier alpha value is -2.55. The molecule has 0 aromatic heterocycles. The van der Waals surface area contributed by atoms with Gasteiger partial charge in [0.15, 0.2) is 0 Å². The number of carbonyl (C=O) groups is 2. The predicted octanol–water partition coefficient (Wildman–Crippen LogP) is 0.857. The molecule has 6 heteroatoms. The highest BCUT2D eigenvalue weighted by molar-refractivity contribution is 5.94. The average Bonchev–Trinajstić information content (AvgIpc) is 2.73. The first-order valence-corrected chi connectivity index (χ1v) is 6.91. The SMILES string of the molecule is N#CCC(=O)N1CCCN(C(=O)c2ccc(N)cc2)CC1. The van der Waals surface area contributed by atoms with Gasteiger partial charge in [0.1, 0.15) is 6.42 Å². The third-order valence-corrected chi connectivity index (χ3v) is 3.52. The number of nitrogens with zero attached hydrogens (tertiary/aromatic N) is 3. The topological polar surface area (TPSA) is 90.4 Å². The van der Waals surface area contributed by atoms with Crippen molar-refractivity contribution in [3.63, 3.8) is 0 Å². The molecule has 0 atom stereocenters. The van der Waals surface area contributed by atoms with Gasteiger partial charge in [-0.25, -0.2) is 0 Å². The summed E-state index contributed by atoms with van der Waals surface area (Å²) in [5.74, 6) is -0.219. The maximum Gasteiger partial charge on any atom is 0.253 e. The van der Waals surface area contributed by atoms with Gasteiger partial charge in [-0.3, -0.25) is 9.59 Å². The molecule has 0 radical (unpaired) electrons. The molecule has 1 aliphatic rings. The number of rotatable bonds is 2. The lowest BCUT2D eigenvalue weighted by molar-refractivity contribution is -0.129. The van der Waals surface area contributed by atoms with E-state index in [0.717, 1.165) is 6.42 Å². The number of nitrogens with two attached hydrogens (primary N) is 1. The lowest BCUT2D eigenvalue weighted by atomic mass is 10.2. The Morgan fingerprint density at radius 1 is 1.10 bits per heavy atom. The molecule has 1 aromatic rings. The molecule has 2 amide bonds. The Labute approximate surface area is 123 Å². The maximum atomic E-state index is 12.4. The van der Waals surface area contributed by atoms with E-state index in [9.17, 15) is 9.59 Å². The largest absolute Gasteiger partial charge is 0.399 e. The van der Waals surface area contributed by atoms with E-state index in [0.29, 0.717) is 37.4 Å². The van der Waals surface area contributed by atoms with Crippen molar-refractivity contribution in [3.8, 4) is 6.07 Å². The third-order valence-electron chi connectivity index (χ3n) is 3.52. The lowest BCUT2D eigenvalue weighted by Gasteiger charge is -2.21. The van der Waals surface area contributed by atoms with Crippen molar-refractivity contribution in [2.75, 3.05) is 31.9 Å². The average molecular weight is 286 g/mol. The van der Waals surface area contributed by atoms with Crippen LogP contribution in [0, 0.1) is 11.3 Å². The van der Waals surface area contributed by atoms with Crippen LogP contribution in [0.15, 0.2) is 24.3 Å². The standard InChI is InChI=1S/C15H18N4O2/c16-7-6-14(20)18-8-1-9-19(11-10-18)15(21)12-2-4-13(17)5-3-12/h2-5H,1,6,8-11,17H2. The van der Waals surface area contributed by atoms with Crippen LogP contribution in [0.1, 0.15) is 23.2 Å². The zero-order valence-electron chi connectivity index (χ0n) is 11.8. The number of carbonyl (C=O) groups excluding carboxylic acids is 2. The van der Waals surface area contributed by atoms with E-state index in [4.69, 9.17) is 11.0 Å². The minimum absolute atomic E-state index is 0.0513. The maximum absolute atomic E-state index is 12.4. The second kappa shape index (κ2) is 6.75. The van der Waals surface area contributed by atoms with Gasteiger partial charge in [0.05, 0.1) is 6.07 Å². The van der Waals surface area contributed by atoms with Crippen LogP contribution in [-0.4, -0.2) is 47.8 Å². The van der Waals surface area contributed by atoms with Gasteiger partial charge in [-0.15, -0.1) is 0 Å². The summed E-state index contributed by atoms with van der Waals surface area (Å²) in [5.41, 5.74) is 6.83. The summed E-state index contributed by atoms with van der Waals surface area (Å²) in [7, 11) is 0. The van der Waals surface area contributed by atoms with Crippen molar-refractivity contribution in [3.05, 3.63) is 29.8 Å². The molecule has 2 rings (SSSR count). The summed E-state index contributed by atoms with van der Waals surface area (Å²) >= 11 is 0. The third kappa shape index (κ3) is 3.72. The molecule has 0 unspecified atom stereocenters. The van der Waals surface area contributed by atoms with Crippen molar-refractivity contribution < 1.29 is 9.59 Å². The van der Waals surface area contributed by atoms with Crippen LogP contribution in [-0.2, 0) is 4.79 Å². The molecule has 0 bridgehead atoms. The van der Waals surface area contributed by atoms with Crippen LogP contribution in [0.4, 0.5) is 5.69 Å². The van der Waals surface area contributed by atoms with Crippen molar-refractivity contribution in [1.29, 1.82) is 5.26 Å². The van der Waals surface area contributed by atoms with E-state index >= 15 is 0 Å². The summed E-state index contributed by atoms with van der Waals surface area (Å²) in [4.78, 5) is 27.5. The number of hydrogen-bond acceptors (Lipinski definition) is 4. The molecule has 21 heavy (non-hydrogen) atoms. The van der Waals surface area contributed by atoms with Gasteiger partial charge in [0.2, 0.25) is 5.91 Å². The molecule has 0 spiro atoms. The number of hydrogen-bond donors (Lipinski definition) is 1. The molecule has 1 fully saturated rings. The van der Waals surface area contributed by atoms with Crippen molar-refractivity contribution in [1.82, 2.24) is 9.80 Å². The molecule has 1 saturated heterocycles. The minimum atomic E-state index is -0.167. The number of nitriles is 1. The first-order valence-electron chi connectivity index (χ1n) is 6.91. The highest BCUT2D eigenvalue weighted by Gasteiger charge is 2.22. The molecule has 2 N–H and O–H groups in total. The van der Waals surface area contributed by atoms with E-state index in [-0.39, 0.29) is 18.2 Å². The summed E-state index contributed by atoms with van der Waals surface area (Å²) in [6.45, 7) is 2.16. The summed E-state index contributed by atoms with van der Waals surface area (Å²) in [6.07, 6.45) is 0.615. The van der Waals surface area contributed by atoms with Gasteiger partial charge >= 0.3 is 0 Å². The minimum Gasteiger partial charge on any atom is -0.399 e. The van der Waals surface area contributed by atoms with Crippen LogP contribution < -0.4 is 5.73 Å². The molecular formula is C15H18N4O2. The van der Waals surface area contributed by atoms with Gasteiger partial charge in [0.25, 0.3) is 5.91 Å². The smallest absolute Gasteiger partial charge is 0.253 e. The fraction of sp³-hybridized carbons (Fsp3) is 0.400. The van der Waals surface area contributed by atoms with Gasteiger partial charge in [-0.05, 0) is 30.7 Å². The lowest BCUT2D eigenvalue weighted by Crippen LogP contribution is -2.37. The number of amides is 2. The Morgan fingerprint density at radius 3 is 2.38 bits per heavy atom. The molecule has 6 nitrogen and oxygen atoms in total. The molecule has 110 valence electrons. The second-order valence-electron chi connectivity index (χ2n) is 4.98. The molecule has 1 aliphatic heterocycles. The van der Waals surface area contributed by atoms with Gasteiger partial charge in [0, 0.05) is 37.4 Å². The quantitative estimate of drug-likeness (QED) is 0.816. The zero-order chi connectivity index (χ0) is 15.2. The Bertz CT molecular complexity index is 562. The highest BCUT2D eigenvalue weighted by atomic mass is 16.2. The fourth-order valence-electron chi connectivity index (χ4n) is 2.36. The van der Waals surface area contributed by atoms with Crippen LogP contribution in [0.3, 0.4) is 0 Å². The molecule has 0 saturated carbocycles. The second-order valence-corrected chi connectivity index (χ2v) is 4.98. The number of benzene rings is 1. The van der Waals surface area contributed by atoms with E-state index in [2.05, 4.69) is 0 Å². The van der Waals surface area contributed by atoms with E-state index in [1.54, 1.807) is 34.1 Å². The summed E-state index contributed by atoms with van der Waals surface area (Å²) < 4.78 is 0. The normalized spacial score (nSPS) is 15.2. The Morgan fingerprint density at radius 2 is 1.71 bits per heavy atom. The van der Waals surface area contributed by atoms with E-state index in [1.165, 1.54) is 0 Å². The molecule has 0 aliphatic carbocycles. The van der Waals surface area contributed by atoms with Gasteiger partial charge in [-0.2, -0.15) is 5.26 Å². The van der Waals surface area contributed by atoms with Crippen LogP contribution in [0.25, 0.3) is 0 Å². The van der Waals surface area contributed by atoms with Gasteiger partial charge in [-0.1, -0.05) is 0 Å². The predicted molar refractivity (Wildman–Crippen MR) is 78.2 cm³/mol. The Balaban J connectivity index is 1.99. The van der Waals surface area contributed by atoms with Crippen molar-refractivity contribution in [2.45, 2.75) is 12.8 Å². The first kappa shape index (κ1) is 14.9. The van der Waals surface area contributed by atoms with Crippen molar-refractivity contribution in [2.24, 2.45) is 0 Å².